The Morgan fingerprint density at radius 3 is 2.34 bits per heavy atom. The van der Waals surface area contributed by atoms with Crippen LogP contribution in [0.2, 0.25) is 5.15 Å². The molecule has 2 aromatic rings. The molecule has 1 amide bonds. The summed E-state index contributed by atoms with van der Waals surface area (Å²) in [6.07, 6.45) is 3.33. The van der Waals surface area contributed by atoms with Gasteiger partial charge in [-0.3, -0.25) is 23.7 Å². The smallest absolute Gasteiger partial charge is 0.318 e. The van der Waals surface area contributed by atoms with Crippen LogP contribution < -0.4 is 11.1 Å². The van der Waals surface area contributed by atoms with Crippen molar-refractivity contribution < 1.29 is 9.59 Å². The van der Waals surface area contributed by atoms with Gasteiger partial charge in [-0.05, 0) is 37.8 Å². The van der Waals surface area contributed by atoms with Gasteiger partial charge in [-0.25, -0.2) is 4.98 Å². The van der Waals surface area contributed by atoms with Gasteiger partial charge in [0, 0.05) is 44.9 Å². The molecule has 3 heterocycles. The molecule has 2 aromatic heterocycles. The van der Waals surface area contributed by atoms with Crippen molar-refractivity contribution in [2.75, 3.05) is 13.1 Å². The van der Waals surface area contributed by atoms with E-state index in [9.17, 15) is 19.2 Å². The van der Waals surface area contributed by atoms with E-state index in [0.717, 1.165) is 0 Å². The van der Waals surface area contributed by atoms with Crippen LogP contribution in [0, 0.1) is 5.92 Å². The number of rotatable bonds is 2. The Labute approximate surface area is 172 Å². The number of fused-ring (bicyclic) bond motifs is 1. The molecule has 1 saturated heterocycles. The largest absolute Gasteiger partial charge is 0.342 e. The second kappa shape index (κ2) is 7.74. The van der Waals surface area contributed by atoms with E-state index < -0.39 is 11.1 Å². The molecule has 0 bridgehead atoms. The molecule has 2 aliphatic rings. The molecule has 1 aliphatic heterocycles. The lowest BCUT2D eigenvalue weighted by Gasteiger charge is -2.35. The number of nitrogens with zero attached hydrogens (tertiary/aromatic N) is 4. The van der Waals surface area contributed by atoms with E-state index >= 15 is 0 Å². The van der Waals surface area contributed by atoms with Crippen LogP contribution in [-0.2, 0) is 16.6 Å². The number of piperidine rings is 1. The van der Waals surface area contributed by atoms with Gasteiger partial charge in [0.15, 0.2) is 5.65 Å². The maximum atomic E-state index is 12.8. The van der Waals surface area contributed by atoms with E-state index in [2.05, 4.69) is 4.98 Å². The number of Topliss-reactive ketones (excluding diaryl/α,β-unsaturated/α-hetero) is 1. The number of likely N-dealkylation sites (tertiary alicyclic amines) is 1. The van der Waals surface area contributed by atoms with Gasteiger partial charge in [0.25, 0.3) is 0 Å². The molecule has 1 saturated carbocycles. The standard InChI is InChI=1S/C20H23ClN4O4/c1-23-15-6-7-16(21)22-17(15)25(20(29)19(23)28)13-8-10-24(11-9-13)18(27)12-2-4-14(26)5-3-12/h6-7,12-13H,2-5,8-11H2,1H3. The van der Waals surface area contributed by atoms with Crippen LogP contribution in [0.1, 0.15) is 44.6 Å². The van der Waals surface area contributed by atoms with Crippen molar-refractivity contribution in [2.24, 2.45) is 13.0 Å². The predicted octanol–water partition coefficient (Wildman–Crippen LogP) is 1.67. The van der Waals surface area contributed by atoms with E-state index in [-0.39, 0.29) is 28.8 Å². The van der Waals surface area contributed by atoms with Gasteiger partial charge in [-0.1, -0.05) is 11.6 Å². The summed E-state index contributed by atoms with van der Waals surface area (Å²) < 4.78 is 2.74. The van der Waals surface area contributed by atoms with Crippen molar-refractivity contribution >= 4 is 34.5 Å². The molecule has 0 atom stereocenters. The van der Waals surface area contributed by atoms with Crippen molar-refractivity contribution in [1.29, 1.82) is 0 Å². The Morgan fingerprint density at radius 2 is 1.69 bits per heavy atom. The molecule has 0 N–H and O–H groups in total. The van der Waals surface area contributed by atoms with E-state index in [1.807, 2.05) is 4.90 Å². The summed E-state index contributed by atoms with van der Waals surface area (Å²) in [5.74, 6) is 0.242. The Kier molecular flexibility index (Phi) is 5.29. The zero-order valence-corrected chi connectivity index (χ0v) is 17.0. The maximum absolute atomic E-state index is 12.8. The summed E-state index contributed by atoms with van der Waals surface area (Å²) in [7, 11) is 1.54. The Bertz CT molecular complexity index is 1090. The first-order valence-electron chi connectivity index (χ1n) is 9.95. The normalized spacial score (nSPS) is 19.1. The second-order valence-electron chi connectivity index (χ2n) is 7.89. The Morgan fingerprint density at radius 1 is 1.03 bits per heavy atom. The number of carbonyl (C=O) groups excluding carboxylic acids is 2. The first-order valence-corrected chi connectivity index (χ1v) is 10.3. The predicted molar refractivity (Wildman–Crippen MR) is 108 cm³/mol. The highest BCUT2D eigenvalue weighted by molar-refractivity contribution is 6.29. The van der Waals surface area contributed by atoms with Gasteiger partial charge in [-0.15, -0.1) is 0 Å². The van der Waals surface area contributed by atoms with Crippen LogP contribution in [-0.4, -0.2) is 43.8 Å². The maximum Gasteiger partial charge on any atom is 0.318 e. The van der Waals surface area contributed by atoms with Crippen molar-refractivity contribution in [3.05, 3.63) is 38.0 Å². The van der Waals surface area contributed by atoms with Crippen LogP contribution >= 0.6 is 11.6 Å². The molecule has 29 heavy (non-hydrogen) atoms. The number of aryl methyl sites for hydroxylation is 1. The fourth-order valence-electron chi connectivity index (χ4n) is 4.44. The first-order chi connectivity index (χ1) is 13.9. The monoisotopic (exact) mass is 418 g/mol. The molecule has 0 aromatic carbocycles. The summed E-state index contributed by atoms with van der Waals surface area (Å²) in [4.78, 5) is 55.5. The molecule has 2 fully saturated rings. The number of aromatic nitrogens is 3. The summed E-state index contributed by atoms with van der Waals surface area (Å²) in [5.41, 5.74) is -0.290. The van der Waals surface area contributed by atoms with Crippen LogP contribution in [0.15, 0.2) is 21.7 Å². The van der Waals surface area contributed by atoms with Crippen LogP contribution in [0.25, 0.3) is 11.2 Å². The van der Waals surface area contributed by atoms with Crippen molar-refractivity contribution in [2.45, 2.75) is 44.6 Å². The number of pyridine rings is 1. The number of hydrogen-bond donors (Lipinski definition) is 0. The average Bonchev–Trinajstić information content (AvgIpc) is 2.73. The summed E-state index contributed by atoms with van der Waals surface area (Å²) in [6.45, 7) is 1.02. The quantitative estimate of drug-likeness (QED) is 0.546. The van der Waals surface area contributed by atoms with Crippen LogP contribution in [0.3, 0.4) is 0 Å². The van der Waals surface area contributed by atoms with E-state index in [1.54, 1.807) is 19.2 Å². The topological polar surface area (TPSA) is 94.3 Å². The minimum atomic E-state index is -0.620. The lowest BCUT2D eigenvalue weighted by Crippen LogP contribution is -2.47. The molecule has 8 nitrogen and oxygen atoms in total. The second-order valence-corrected chi connectivity index (χ2v) is 8.27. The van der Waals surface area contributed by atoms with Gasteiger partial charge >= 0.3 is 11.1 Å². The van der Waals surface area contributed by atoms with Crippen molar-refractivity contribution in [3.63, 3.8) is 0 Å². The molecule has 0 radical (unpaired) electrons. The summed E-state index contributed by atoms with van der Waals surface area (Å²) in [5, 5.41) is 0.253. The van der Waals surface area contributed by atoms with Gasteiger partial charge in [0.05, 0.1) is 5.52 Å². The summed E-state index contributed by atoms with van der Waals surface area (Å²) >= 11 is 6.04. The first kappa shape index (κ1) is 19.8. The molecule has 4 rings (SSSR count). The molecule has 9 heteroatoms. The third-order valence-corrected chi connectivity index (χ3v) is 6.36. The highest BCUT2D eigenvalue weighted by atomic mass is 35.5. The number of halogens is 1. The molecule has 0 spiro atoms. The zero-order chi connectivity index (χ0) is 20.7. The Balaban J connectivity index is 1.57. The minimum absolute atomic E-state index is 0.0858. The van der Waals surface area contributed by atoms with Gasteiger partial charge in [-0.2, -0.15) is 0 Å². The van der Waals surface area contributed by atoms with E-state index in [1.165, 1.54) is 9.13 Å². The SMILES string of the molecule is Cn1c(=O)c(=O)n(C2CCN(C(=O)C3CCC(=O)CC3)CC2)c2nc(Cl)ccc21. The molecular weight excluding hydrogens is 396 g/mol. The minimum Gasteiger partial charge on any atom is -0.342 e. The third-order valence-electron chi connectivity index (χ3n) is 6.15. The lowest BCUT2D eigenvalue weighted by atomic mass is 9.87. The van der Waals surface area contributed by atoms with E-state index in [4.69, 9.17) is 11.6 Å². The van der Waals surface area contributed by atoms with Gasteiger partial charge in [0.2, 0.25) is 5.91 Å². The average molecular weight is 419 g/mol. The number of amides is 1. The van der Waals surface area contributed by atoms with E-state index in [0.29, 0.717) is 62.8 Å². The number of ketones is 1. The van der Waals surface area contributed by atoms with Crippen LogP contribution in [0.5, 0.6) is 0 Å². The molecular formula is C20H23ClN4O4. The van der Waals surface area contributed by atoms with Gasteiger partial charge in [0.1, 0.15) is 10.9 Å². The fraction of sp³-hybridized carbons (Fsp3) is 0.550. The fourth-order valence-corrected chi connectivity index (χ4v) is 4.58. The lowest BCUT2D eigenvalue weighted by molar-refractivity contribution is -0.138. The highest BCUT2D eigenvalue weighted by Gasteiger charge is 2.32. The molecule has 154 valence electrons. The zero-order valence-electron chi connectivity index (χ0n) is 16.3. The van der Waals surface area contributed by atoms with Crippen molar-refractivity contribution in [3.8, 4) is 0 Å². The van der Waals surface area contributed by atoms with Crippen molar-refractivity contribution in [1.82, 2.24) is 19.0 Å². The highest BCUT2D eigenvalue weighted by Crippen LogP contribution is 2.28. The van der Waals surface area contributed by atoms with Gasteiger partial charge < -0.3 is 9.47 Å². The molecule has 1 aliphatic carbocycles. The Hall–Kier alpha value is -2.48. The number of carbonyl (C=O) groups is 2. The summed E-state index contributed by atoms with van der Waals surface area (Å²) in [6, 6.07) is 3.06. The van der Waals surface area contributed by atoms with Crippen LogP contribution in [0.4, 0.5) is 0 Å². The number of hydrogen-bond acceptors (Lipinski definition) is 5. The molecule has 0 unspecified atom stereocenters. The third kappa shape index (κ3) is 3.61.